The predicted molar refractivity (Wildman–Crippen MR) is 86.5 cm³/mol. The molecule has 110 valence electrons. The number of nitrogens with zero attached hydrogens (tertiary/aromatic N) is 3. The molecule has 1 heterocycles. The van der Waals surface area contributed by atoms with E-state index in [9.17, 15) is 0 Å². The van der Waals surface area contributed by atoms with Crippen LogP contribution in [0.2, 0.25) is 0 Å². The molecular weight excluding hydrogens is 270 g/mol. The number of alkyl halides is 1. The molecule has 0 amide bonds. The van der Waals surface area contributed by atoms with Gasteiger partial charge in [-0.25, -0.2) is 4.98 Å². The lowest BCUT2D eigenvalue weighted by Crippen LogP contribution is -2.29. The van der Waals surface area contributed by atoms with Crippen molar-refractivity contribution in [2.45, 2.75) is 32.7 Å². The van der Waals surface area contributed by atoms with Gasteiger partial charge in [0.05, 0.1) is 23.0 Å². The Labute approximate surface area is 126 Å². The fourth-order valence-corrected chi connectivity index (χ4v) is 2.87. The van der Waals surface area contributed by atoms with E-state index in [-0.39, 0.29) is 0 Å². The van der Waals surface area contributed by atoms with Crippen molar-refractivity contribution in [1.29, 1.82) is 0 Å². The van der Waals surface area contributed by atoms with Gasteiger partial charge in [0.25, 0.3) is 0 Å². The van der Waals surface area contributed by atoms with Crippen molar-refractivity contribution in [1.82, 2.24) is 14.5 Å². The van der Waals surface area contributed by atoms with Gasteiger partial charge in [0, 0.05) is 6.54 Å². The third-order valence-electron chi connectivity index (χ3n) is 3.69. The smallest absolute Gasteiger partial charge is 0.125 e. The lowest BCUT2D eigenvalue weighted by atomic mass is 10.0. The first kappa shape index (κ1) is 15.3. The Balaban J connectivity index is 2.61. The van der Waals surface area contributed by atoms with E-state index in [4.69, 9.17) is 16.6 Å². The number of halogens is 1. The van der Waals surface area contributed by atoms with E-state index in [0.717, 1.165) is 17.9 Å². The van der Waals surface area contributed by atoms with E-state index in [1.165, 1.54) is 11.1 Å². The zero-order chi connectivity index (χ0) is 14.9. The molecule has 0 fully saturated rings. The minimum Gasteiger partial charge on any atom is -0.322 e. The van der Waals surface area contributed by atoms with Crippen molar-refractivity contribution in [2.75, 3.05) is 20.6 Å². The van der Waals surface area contributed by atoms with Crippen LogP contribution in [0.15, 0.2) is 18.2 Å². The normalized spacial score (nSPS) is 13.6. The molecule has 0 saturated carbocycles. The number of benzene rings is 1. The van der Waals surface area contributed by atoms with Gasteiger partial charge in [0.1, 0.15) is 5.82 Å². The molecule has 4 heteroatoms. The summed E-state index contributed by atoms with van der Waals surface area (Å²) in [7, 11) is 4.22. The summed E-state index contributed by atoms with van der Waals surface area (Å²) < 4.78 is 2.33. The number of imidazole rings is 1. The van der Waals surface area contributed by atoms with Gasteiger partial charge in [-0.1, -0.05) is 19.9 Å². The van der Waals surface area contributed by atoms with Gasteiger partial charge in [0.2, 0.25) is 0 Å². The second-order valence-electron chi connectivity index (χ2n) is 6.10. The Kier molecular flexibility index (Phi) is 4.71. The lowest BCUT2D eigenvalue weighted by molar-refractivity contribution is 0.270. The lowest BCUT2D eigenvalue weighted by Gasteiger charge is -2.28. The zero-order valence-corrected chi connectivity index (χ0v) is 13.8. The van der Waals surface area contributed by atoms with Gasteiger partial charge in [-0.15, -0.1) is 11.6 Å². The van der Waals surface area contributed by atoms with Crippen LogP contribution in [-0.4, -0.2) is 35.1 Å². The molecule has 0 bridgehead atoms. The zero-order valence-electron chi connectivity index (χ0n) is 13.0. The number of rotatable bonds is 5. The van der Waals surface area contributed by atoms with Crippen molar-refractivity contribution in [3.05, 3.63) is 29.6 Å². The van der Waals surface area contributed by atoms with Gasteiger partial charge >= 0.3 is 0 Å². The molecule has 0 radical (unpaired) electrons. The average molecular weight is 294 g/mol. The highest BCUT2D eigenvalue weighted by atomic mass is 35.5. The van der Waals surface area contributed by atoms with Gasteiger partial charge in [-0.3, -0.25) is 0 Å². The first-order chi connectivity index (χ1) is 9.43. The number of aryl methyl sites for hydroxylation is 1. The molecule has 0 N–H and O–H groups in total. The van der Waals surface area contributed by atoms with E-state index in [1.807, 2.05) is 0 Å². The van der Waals surface area contributed by atoms with Crippen LogP contribution in [0.3, 0.4) is 0 Å². The Morgan fingerprint density at radius 3 is 2.55 bits per heavy atom. The van der Waals surface area contributed by atoms with E-state index in [2.05, 4.69) is 62.5 Å². The standard InChI is InChI=1S/C16H24ClN3/c1-11(2)15(10-19(4)5)20-14-8-12(3)6-7-13(14)18-16(20)9-17/h6-8,11,15H,9-10H2,1-5H3. The van der Waals surface area contributed by atoms with Gasteiger partial charge in [-0.2, -0.15) is 0 Å². The average Bonchev–Trinajstić information content (AvgIpc) is 2.73. The van der Waals surface area contributed by atoms with E-state index < -0.39 is 0 Å². The molecule has 1 unspecified atom stereocenters. The van der Waals surface area contributed by atoms with Gasteiger partial charge < -0.3 is 9.47 Å². The third-order valence-corrected chi connectivity index (χ3v) is 3.93. The Morgan fingerprint density at radius 2 is 2.00 bits per heavy atom. The summed E-state index contributed by atoms with van der Waals surface area (Å²) in [4.78, 5) is 6.92. The highest BCUT2D eigenvalue weighted by Crippen LogP contribution is 2.28. The summed E-state index contributed by atoms with van der Waals surface area (Å²) in [5.41, 5.74) is 3.49. The molecule has 0 spiro atoms. The number of fused-ring (bicyclic) bond motifs is 1. The quantitative estimate of drug-likeness (QED) is 0.781. The van der Waals surface area contributed by atoms with Crippen LogP contribution in [0.1, 0.15) is 31.3 Å². The summed E-state index contributed by atoms with van der Waals surface area (Å²) >= 11 is 6.13. The van der Waals surface area contributed by atoms with Crippen molar-refractivity contribution in [3.63, 3.8) is 0 Å². The third kappa shape index (κ3) is 2.99. The monoisotopic (exact) mass is 293 g/mol. The minimum atomic E-state index is 0.380. The first-order valence-corrected chi connectivity index (χ1v) is 7.65. The summed E-state index contributed by atoms with van der Waals surface area (Å²) in [6, 6.07) is 6.78. The van der Waals surface area contributed by atoms with Gasteiger partial charge in [0.15, 0.2) is 0 Å². The number of hydrogen-bond acceptors (Lipinski definition) is 2. The SMILES string of the molecule is Cc1ccc2nc(CCl)n(C(CN(C)C)C(C)C)c2c1. The number of aromatic nitrogens is 2. The minimum absolute atomic E-state index is 0.380. The number of hydrogen-bond donors (Lipinski definition) is 0. The first-order valence-electron chi connectivity index (χ1n) is 7.12. The van der Waals surface area contributed by atoms with Crippen LogP contribution in [0.4, 0.5) is 0 Å². The van der Waals surface area contributed by atoms with Crippen LogP contribution in [0, 0.1) is 12.8 Å². The summed E-state index contributed by atoms with van der Waals surface area (Å²) in [5.74, 6) is 1.94. The molecule has 2 aromatic rings. The second kappa shape index (κ2) is 6.15. The molecule has 20 heavy (non-hydrogen) atoms. The second-order valence-corrected chi connectivity index (χ2v) is 6.36. The topological polar surface area (TPSA) is 21.1 Å². The Bertz CT molecular complexity index is 587. The molecule has 0 saturated heterocycles. The molecular formula is C16H24ClN3. The summed E-state index contributed by atoms with van der Waals surface area (Å²) in [6.45, 7) is 7.62. The fraction of sp³-hybridized carbons (Fsp3) is 0.562. The van der Waals surface area contributed by atoms with Gasteiger partial charge in [-0.05, 0) is 44.6 Å². The molecule has 2 rings (SSSR count). The van der Waals surface area contributed by atoms with Crippen molar-refractivity contribution >= 4 is 22.6 Å². The van der Waals surface area contributed by atoms with Crippen molar-refractivity contribution in [3.8, 4) is 0 Å². The summed E-state index contributed by atoms with van der Waals surface area (Å²) in [5, 5.41) is 0. The molecule has 1 atom stereocenters. The van der Waals surface area contributed by atoms with E-state index >= 15 is 0 Å². The van der Waals surface area contributed by atoms with Crippen LogP contribution in [0.5, 0.6) is 0 Å². The van der Waals surface area contributed by atoms with Crippen LogP contribution >= 0.6 is 11.6 Å². The highest BCUT2D eigenvalue weighted by Gasteiger charge is 2.22. The number of likely N-dealkylation sites (N-methyl/N-ethyl adjacent to an activating group) is 1. The summed E-state index contributed by atoms with van der Waals surface area (Å²) in [6.07, 6.45) is 0. The molecule has 0 aliphatic rings. The Morgan fingerprint density at radius 1 is 1.30 bits per heavy atom. The predicted octanol–water partition coefficient (Wildman–Crippen LogP) is 3.84. The molecule has 3 nitrogen and oxygen atoms in total. The fourth-order valence-electron chi connectivity index (χ4n) is 2.68. The molecule has 0 aliphatic heterocycles. The molecule has 0 aliphatic carbocycles. The van der Waals surface area contributed by atoms with Crippen molar-refractivity contribution in [2.24, 2.45) is 5.92 Å². The van der Waals surface area contributed by atoms with E-state index in [0.29, 0.717) is 17.8 Å². The molecule has 1 aromatic heterocycles. The van der Waals surface area contributed by atoms with Crippen LogP contribution in [0.25, 0.3) is 11.0 Å². The highest BCUT2D eigenvalue weighted by molar-refractivity contribution is 6.16. The van der Waals surface area contributed by atoms with Crippen molar-refractivity contribution < 1.29 is 0 Å². The molecule has 1 aromatic carbocycles. The maximum Gasteiger partial charge on any atom is 0.125 e. The largest absolute Gasteiger partial charge is 0.322 e. The Hall–Kier alpha value is -1.06. The maximum atomic E-state index is 6.13. The van der Waals surface area contributed by atoms with Crippen LogP contribution < -0.4 is 0 Å². The maximum absolute atomic E-state index is 6.13. The van der Waals surface area contributed by atoms with E-state index in [1.54, 1.807) is 0 Å². The van der Waals surface area contributed by atoms with Crippen LogP contribution in [-0.2, 0) is 5.88 Å².